The predicted molar refractivity (Wildman–Crippen MR) is 127 cm³/mol. The van der Waals surface area contributed by atoms with Crippen molar-refractivity contribution in [3.63, 3.8) is 0 Å². The number of rotatable bonds is 7. The van der Waals surface area contributed by atoms with Crippen LogP contribution in [0.5, 0.6) is 11.5 Å². The number of halogens is 2. The summed E-state index contributed by atoms with van der Waals surface area (Å²) in [7, 11) is 0. The number of benzene rings is 3. The van der Waals surface area contributed by atoms with E-state index in [1.807, 2.05) is 48.5 Å². The number of hydrogen-bond acceptors (Lipinski definition) is 3. The summed E-state index contributed by atoms with van der Waals surface area (Å²) < 4.78 is 26.3. The van der Waals surface area contributed by atoms with Crippen molar-refractivity contribution >= 4 is 26.4 Å². The first-order chi connectivity index (χ1) is 15.4. The summed E-state index contributed by atoms with van der Waals surface area (Å²) in [6, 6.07) is 23.5. The van der Waals surface area contributed by atoms with E-state index in [0.717, 1.165) is 10.0 Å². The quantitative estimate of drug-likeness (QED) is 0.321. The molecule has 164 valence electrons. The maximum Gasteiger partial charge on any atom is 0.310 e. The Hall–Kier alpha value is -2.92. The van der Waals surface area contributed by atoms with Crippen LogP contribution in [0.15, 0.2) is 84.9 Å². The van der Waals surface area contributed by atoms with Crippen molar-refractivity contribution in [1.29, 1.82) is 0 Å². The molecule has 1 fully saturated rings. The van der Waals surface area contributed by atoms with Crippen LogP contribution in [-0.2, 0) is 16.1 Å². The Morgan fingerprint density at radius 2 is 1.69 bits per heavy atom. The van der Waals surface area contributed by atoms with Crippen LogP contribution in [0.2, 0.25) is 0 Å². The molecule has 0 aromatic heterocycles. The topological polar surface area (TPSA) is 35.5 Å². The zero-order valence-corrected chi connectivity index (χ0v) is 19.5. The monoisotopic (exact) mass is 494 g/mol. The number of allylic oxidation sites excluding steroid dienone is 1. The summed E-state index contributed by atoms with van der Waals surface area (Å²) in [5.74, 6) is -0.222. The van der Waals surface area contributed by atoms with Gasteiger partial charge in [-0.15, -0.1) is 0 Å². The normalized spacial score (nSPS) is 19.3. The minimum atomic E-state index is -0.469. The molecule has 0 saturated heterocycles. The summed E-state index contributed by atoms with van der Waals surface area (Å²) in [6.07, 6.45) is 2.09. The van der Waals surface area contributed by atoms with Gasteiger partial charge in [0.2, 0.25) is 0 Å². The molecule has 0 amide bonds. The summed E-state index contributed by atoms with van der Waals surface area (Å²) in [5, 5.41) is 0. The fraction of sp³-hybridized carbons (Fsp3) is 0.222. The second-order valence-corrected chi connectivity index (χ2v) is 9.35. The maximum absolute atomic E-state index is 14.2. The van der Waals surface area contributed by atoms with E-state index in [4.69, 9.17) is 9.47 Å². The molecular formula is C27H24BrFO3. The van der Waals surface area contributed by atoms with Crippen LogP contribution >= 0.6 is 15.9 Å². The highest BCUT2D eigenvalue weighted by Gasteiger charge is 2.61. The van der Waals surface area contributed by atoms with Gasteiger partial charge in [0, 0.05) is 4.48 Å². The Balaban J connectivity index is 1.40. The first kappa shape index (κ1) is 22.3. The summed E-state index contributed by atoms with van der Waals surface area (Å²) in [6.45, 7) is 4.19. The van der Waals surface area contributed by atoms with Gasteiger partial charge in [-0.25, -0.2) is 4.39 Å². The second kappa shape index (κ2) is 9.29. The highest BCUT2D eigenvalue weighted by molar-refractivity contribution is 9.15. The molecule has 1 aliphatic rings. The van der Waals surface area contributed by atoms with Crippen LogP contribution < -0.4 is 4.74 Å². The molecule has 0 spiro atoms. The van der Waals surface area contributed by atoms with Gasteiger partial charge in [0.15, 0.2) is 11.6 Å². The van der Waals surface area contributed by atoms with Crippen LogP contribution in [0, 0.1) is 23.1 Å². The highest BCUT2D eigenvalue weighted by atomic mass is 79.9. The average Bonchev–Trinajstić information content (AvgIpc) is 3.34. The van der Waals surface area contributed by atoms with Gasteiger partial charge in [-0.2, -0.15) is 0 Å². The minimum Gasteiger partial charge on any atom is -0.461 e. The van der Waals surface area contributed by atoms with E-state index in [9.17, 15) is 9.18 Å². The van der Waals surface area contributed by atoms with Crippen LogP contribution in [0.4, 0.5) is 4.39 Å². The Morgan fingerprint density at radius 3 is 2.38 bits per heavy atom. The number of para-hydroxylation sites is 1. The average molecular weight is 495 g/mol. The first-order valence-corrected chi connectivity index (χ1v) is 11.3. The van der Waals surface area contributed by atoms with Crippen LogP contribution in [0.25, 0.3) is 4.48 Å². The van der Waals surface area contributed by atoms with E-state index in [2.05, 4.69) is 35.9 Å². The molecule has 32 heavy (non-hydrogen) atoms. The lowest BCUT2D eigenvalue weighted by atomic mass is 10.1. The van der Waals surface area contributed by atoms with Crippen molar-refractivity contribution in [3.8, 4) is 11.5 Å². The molecule has 2 unspecified atom stereocenters. The van der Waals surface area contributed by atoms with Crippen molar-refractivity contribution in [2.45, 2.75) is 20.5 Å². The van der Waals surface area contributed by atoms with E-state index in [-0.39, 0.29) is 35.6 Å². The van der Waals surface area contributed by atoms with Gasteiger partial charge in [0.25, 0.3) is 0 Å². The van der Waals surface area contributed by atoms with Gasteiger partial charge in [0.05, 0.1) is 5.92 Å². The molecule has 0 aliphatic heterocycles. The molecule has 0 radical (unpaired) electrons. The van der Waals surface area contributed by atoms with E-state index in [1.54, 1.807) is 24.3 Å². The summed E-state index contributed by atoms with van der Waals surface area (Å²) >= 11 is 3.63. The third-order valence-electron chi connectivity index (χ3n) is 5.89. The lowest BCUT2D eigenvalue weighted by molar-refractivity contribution is -0.147. The molecule has 2 atom stereocenters. The molecule has 4 rings (SSSR count). The van der Waals surface area contributed by atoms with Crippen molar-refractivity contribution in [3.05, 3.63) is 102 Å². The van der Waals surface area contributed by atoms with Gasteiger partial charge in [-0.05, 0) is 46.7 Å². The van der Waals surface area contributed by atoms with Crippen LogP contribution in [0.3, 0.4) is 0 Å². The van der Waals surface area contributed by atoms with Crippen molar-refractivity contribution in [1.82, 2.24) is 0 Å². The fourth-order valence-electron chi connectivity index (χ4n) is 3.87. The molecule has 0 heterocycles. The Labute approximate surface area is 196 Å². The number of ether oxygens (including phenoxy) is 2. The Bertz CT molecular complexity index is 1130. The minimum absolute atomic E-state index is 0.0626. The van der Waals surface area contributed by atoms with Gasteiger partial charge in [-0.3, -0.25) is 4.79 Å². The van der Waals surface area contributed by atoms with Crippen LogP contribution in [-0.4, -0.2) is 5.97 Å². The molecule has 1 aliphatic carbocycles. The Kier molecular flexibility index (Phi) is 6.47. The summed E-state index contributed by atoms with van der Waals surface area (Å²) in [5.41, 5.74) is 1.55. The fourth-order valence-corrected chi connectivity index (χ4v) is 4.41. The van der Waals surface area contributed by atoms with E-state index >= 15 is 0 Å². The molecule has 5 heteroatoms. The number of esters is 1. The van der Waals surface area contributed by atoms with Crippen molar-refractivity contribution < 1.29 is 18.7 Å². The van der Waals surface area contributed by atoms with Gasteiger partial charge >= 0.3 is 5.97 Å². The van der Waals surface area contributed by atoms with Gasteiger partial charge in [-0.1, -0.05) is 90.5 Å². The second-order valence-electron chi connectivity index (χ2n) is 8.49. The largest absolute Gasteiger partial charge is 0.461 e. The van der Waals surface area contributed by atoms with Crippen molar-refractivity contribution in [2.75, 3.05) is 0 Å². The Morgan fingerprint density at radius 1 is 1.03 bits per heavy atom. The predicted octanol–water partition coefficient (Wildman–Crippen LogP) is 7.37. The zero-order valence-electron chi connectivity index (χ0n) is 17.9. The number of hydrogen-bond donors (Lipinski definition) is 0. The lowest BCUT2D eigenvalue weighted by Gasteiger charge is -2.10. The molecular weight excluding hydrogens is 471 g/mol. The highest BCUT2D eigenvalue weighted by Crippen LogP contribution is 2.60. The van der Waals surface area contributed by atoms with Gasteiger partial charge in [0.1, 0.15) is 12.4 Å². The first-order valence-electron chi connectivity index (χ1n) is 10.5. The number of carbonyl (C=O) groups excluding carboxylic acids is 1. The standard InChI is InChI=1S/C27H24BrFO3/c1-27(2)21(16-22(28)19-9-5-3-6-10-19)25(27)26(30)31-17-18-13-14-23(29)24(15-18)32-20-11-7-4-8-12-20/h3-16,21,25H,17H2,1-2H3. The number of carbonyl (C=O) groups is 1. The third kappa shape index (κ3) is 4.94. The third-order valence-corrected chi connectivity index (χ3v) is 6.61. The molecule has 3 nitrogen and oxygen atoms in total. The van der Waals surface area contributed by atoms with Crippen molar-refractivity contribution in [2.24, 2.45) is 17.3 Å². The van der Waals surface area contributed by atoms with E-state index in [1.165, 1.54) is 6.07 Å². The molecule has 3 aromatic rings. The zero-order chi connectivity index (χ0) is 22.7. The molecule has 0 N–H and O–H groups in total. The lowest BCUT2D eigenvalue weighted by Crippen LogP contribution is -2.10. The molecule has 0 bridgehead atoms. The summed E-state index contributed by atoms with van der Waals surface area (Å²) in [4.78, 5) is 12.8. The molecule has 1 saturated carbocycles. The van der Waals surface area contributed by atoms with E-state index in [0.29, 0.717) is 11.3 Å². The smallest absolute Gasteiger partial charge is 0.310 e. The van der Waals surface area contributed by atoms with Crippen LogP contribution in [0.1, 0.15) is 25.0 Å². The molecule has 3 aromatic carbocycles. The van der Waals surface area contributed by atoms with E-state index < -0.39 is 5.82 Å². The maximum atomic E-state index is 14.2. The SMILES string of the molecule is CC1(C)C(C=C(Br)c2ccccc2)C1C(=O)OCc1ccc(F)c(Oc2ccccc2)c1. The van der Waals surface area contributed by atoms with Gasteiger partial charge < -0.3 is 9.47 Å².